The van der Waals surface area contributed by atoms with E-state index in [1.54, 1.807) is 0 Å². The third-order valence-corrected chi connectivity index (χ3v) is 6.10. The van der Waals surface area contributed by atoms with Crippen LogP contribution in [-0.4, -0.2) is 8.18 Å². The predicted octanol–water partition coefficient (Wildman–Crippen LogP) is 3.28. The molecule has 0 saturated carbocycles. The number of hydrogen-bond acceptors (Lipinski definition) is 1. The average molecular weight is 364 g/mol. The van der Waals surface area contributed by atoms with E-state index in [0.717, 1.165) is 10.8 Å². The minimum absolute atomic E-state index is 0.308. The van der Waals surface area contributed by atoms with Gasteiger partial charge in [-0.1, -0.05) is 0 Å². The molecule has 1 rings (SSSR count). The second-order valence-corrected chi connectivity index (χ2v) is 7.58. The van der Waals surface area contributed by atoms with Crippen molar-refractivity contribution in [2.45, 2.75) is 37.0 Å². The summed E-state index contributed by atoms with van der Waals surface area (Å²) in [6, 6.07) is 0. The molecule has 0 aliphatic rings. The van der Waals surface area contributed by atoms with E-state index in [1.165, 1.54) is 19.3 Å². The van der Waals surface area contributed by atoms with Gasteiger partial charge < -0.3 is 0 Å². The van der Waals surface area contributed by atoms with Gasteiger partial charge in [0.2, 0.25) is 0 Å². The summed E-state index contributed by atoms with van der Waals surface area (Å²) >= 11 is -0.308. The molecule has 0 saturated heterocycles. The Kier molecular flexibility index (Phi) is 5.82. The van der Waals surface area contributed by atoms with Gasteiger partial charge in [0.1, 0.15) is 0 Å². The van der Waals surface area contributed by atoms with Crippen LogP contribution in [-0.2, 0) is 18.2 Å². The molecule has 0 aliphatic carbocycles. The first kappa shape index (κ1) is 11.7. The van der Waals surface area contributed by atoms with Gasteiger partial charge >= 0.3 is 94.8 Å². The SMILES string of the molecule is C=CCC[CH](CCC)[Re][n]1ccnc1. The normalized spacial score (nSPS) is 12.6. The number of allylic oxidation sites excluding steroid dienone is 1. The summed E-state index contributed by atoms with van der Waals surface area (Å²) in [4.78, 5) is 4.10. The van der Waals surface area contributed by atoms with Crippen LogP contribution in [0.25, 0.3) is 0 Å². The molecule has 0 aliphatic heterocycles. The van der Waals surface area contributed by atoms with E-state index in [2.05, 4.69) is 27.9 Å². The van der Waals surface area contributed by atoms with Gasteiger partial charge in [0, 0.05) is 0 Å². The zero-order valence-corrected chi connectivity index (χ0v) is 11.4. The molecule has 0 spiro atoms. The molecular weight excluding hydrogens is 346 g/mol. The molecular formula is C11H18N2Re. The molecule has 0 amide bonds. The summed E-state index contributed by atoms with van der Waals surface area (Å²) in [5.74, 6) is 0. The quantitative estimate of drug-likeness (QED) is 0.679. The van der Waals surface area contributed by atoms with Gasteiger partial charge in [-0.05, 0) is 0 Å². The van der Waals surface area contributed by atoms with Gasteiger partial charge in [-0.2, -0.15) is 0 Å². The first-order valence-electron chi connectivity index (χ1n) is 5.09. The molecule has 1 atom stereocenters. The standard InChI is InChI=1S/C8H15.C3H3N2.Re/c1-3-5-7-8-6-4-2;1-2-5-3-4-1;/h3,8H,1,4-7H2,2H3;1-3H;/q;-1;+1. The first-order chi connectivity index (χ1) is 6.86. The predicted molar refractivity (Wildman–Crippen MR) is 55.7 cm³/mol. The Morgan fingerprint density at radius 1 is 1.57 bits per heavy atom. The van der Waals surface area contributed by atoms with Crippen LogP contribution >= 0.6 is 0 Å². The molecule has 3 heteroatoms. The Hall–Kier alpha value is -0.388. The van der Waals surface area contributed by atoms with Crippen molar-refractivity contribution in [3.63, 3.8) is 0 Å². The van der Waals surface area contributed by atoms with E-state index in [-0.39, 0.29) is 18.2 Å². The number of aromatic nitrogens is 2. The van der Waals surface area contributed by atoms with Crippen LogP contribution in [0.2, 0.25) is 4.39 Å². The van der Waals surface area contributed by atoms with Crippen molar-refractivity contribution in [1.82, 2.24) is 8.18 Å². The second-order valence-electron chi connectivity index (χ2n) is 3.26. The Bertz CT molecular complexity index is 244. The van der Waals surface area contributed by atoms with E-state index in [9.17, 15) is 0 Å². The van der Waals surface area contributed by atoms with Gasteiger partial charge in [0.05, 0.1) is 0 Å². The minimum atomic E-state index is -0.308. The molecule has 0 fully saturated rings. The molecule has 1 unspecified atom stereocenters. The van der Waals surface area contributed by atoms with E-state index in [1.807, 2.05) is 18.6 Å². The van der Waals surface area contributed by atoms with Crippen molar-refractivity contribution in [2.75, 3.05) is 0 Å². The van der Waals surface area contributed by atoms with Crippen LogP contribution in [0.4, 0.5) is 0 Å². The van der Waals surface area contributed by atoms with Crippen molar-refractivity contribution in [1.29, 1.82) is 0 Å². The Morgan fingerprint density at radius 2 is 2.43 bits per heavy atom. The van der Waals surface area contributed by atoms with E-state index < -0.39 is 0 Å². The van der Waals surface area contributed by atoms with E-state index in [0.29, 0.717) is 0 Å². The van der Waals surface area contributed by atoms with Crippen molar-refractivity contribution in [3.8, 4) is 0 Å². The van der Waals surface area contributed by atoms with Crippen molar-refractivity contribution < 1.29 is 18.2 Å². The second kappa shape index (κ2) is 6.98. The van der Waals surface area contributed by atoms with Crippen molar-refractivity contribution in [3.05, 3.63) is 31.4 Å². The molecule has 2 nitrogen and oxygen atoms in total. The average Bonchev–Trinajstić information content (AvgIpc) is 2.67. The summed E-state index contributed by atoms with van der Waals surface area (Å²) in [6.07, 6.45) is 13.1. The summed E-state index contributed by atoms with van der Waals surface area (Å²) in [5.41, 5.74) is 0. The Labute approximate surface area is 94.9 Å². The first-order valence-corrected chi connectivity index (χ1v) is 7.88. The van der Waals surface area contributed by atoms with E-state index in [4.69, 9.17) is 0 Å². The van der Waals surface area contributed by atoms with Gasteiger partial charge in [0.25, 0.3) is 0 Å². The third-order valence-electron chi connectivity index (χ3n) is 2.01. The third kappa shape index (κ3) is 4.22. The van der Waals surface area contributed by atoms with E-state index >= 15 is 0 Å². The molecule has 0 bridgehead atoms. The zero-order chi connectivity index (χ0) is 10.2. The van der Waals surface area contributed by atoms with Crippen LogP contribution in [0.1, 0.15) is 32.6 Å². The zero-order valence-electron chi connectivity index (χ0n) is 8.69. The number of nitrogens with zero attached hydrogens (tertiary/aromatic N) is 2. The number of hydrogen-bond donors (Lipinski definition) is 0. The maximum atomic E-state index is 4.10. The topological polar surface area (TPSA) is 17.8 Å². The molecule has 14 heavy (non-hydrogen) atoms. The van der Waals surface area contributed by atoms with Crippen LogP contribution in [0.5, 0.6) is 0 Å². The van der Waals surface area contributed by atoms with Gasteiger partial charge in [-0.15, -0.1) is 0 Å². The fourth-order valence-corrected chi connectivity index (χ4v) is 5.17. The molecule has 0 radical (unpaired) electrons. The molecule has 0 N–H and O–H groups in total. The summed E-state index contributed by atoms with van der Waals surface area (Å²) in [7, 11) is 0. The number of imidazole rings is 1. The molecule has 1 aromatic rings. The molecule has 79 valence electrons. The summed E-state index contributed by atoms with van der Waals surface area (Å²) < 4.78 is 3.25. The number of rotatable bonds is 7. The van der Waals surface area contributed by atoms with Crippen molar-refractivity contribution >= 4 is 0 Å². The fourth-order valence-electron chi connectivity index (χ4n) is 1.31. The fraction of sp³-hybridized carbons (Fsp3) is 0.545. The maximum absolute atomic E-state index is 4.10. The van der Waals surface area contributed by atoms with Crippen LogP contribution in [0.3, 0.4) is 0 Å². The Morgan fingerprint density at radius 3 is 3.00 bits per heavy atom. The van der Waals surface area contributed by atoms with Crippen LogP contribution < -0.4 is 0 Å². The van der Waals surface area contributed by atoms with Crippen LogP contribution in [0.15, 0.2) is 31.4 Å². The van der Waals surface area contributed by atoms with Gasteiger partial charge in [-0.25, -0.2) is 0 Å². The van der Waals surface area contributed by atoms with Crippen molar-refractivity contribution in [2.24, 2.45) is 0 Å². The van der Waals surface area contributed by atoms with Crippen LogP contribution in [0, 0.1) is 0 Å². The molecule has 0 aromatic carbocycles. The monoisotopic (exact) mass is 365 g/mol. The molecule has 1 heterocycles. The summed E-state index contributed by atoms with van der Waals surface area (Å²) in [5, 5.41) is 0. The Balaban J connectivity index is 2.38. The molecule has 1 aromatic heterocycles. The van der Waals surface area contributed by atoms with Gasteiger partial charge in [0.15, 0.2) is 0 Å². The summed E-state index contributed by atoms with van der Waals surface area (Å²) in [6.45, 7) is 6.06. The van der Waals surface area contributed by atoms with Gasteiger partial charge in [-0.3, -0.25) is 0 Å².